The van der Waals surface area contributed by atoms with Gasteiger partial charge in [0.2, 0.25) is 0 Å². The van der Waals surface area contributed by atoms with Crippen LogP contribution in [0, 0.1) is 22.5 Å². The molecule has 1 N–H and O–H groups in total. The number of hydrogen-bond donors (Lipinski definition) is 1. The van der Waals surface area contributed by atoms with E-state index in [9.17, 15) is 14.9 Å². The van der Waals surface area contributed by atoms with Crippen LogP contribution >= 0.6 is 11.6 Å². The molecule has 0 saturated heterocycles. The summed E-state index contributed by atoms with van der Waals surface area (Å²) in [6.45, 7) is -0.242. The van der Waals surface area contributed by atoms with Crippen LogP contribution in [-0.2, 0) is 11.3 Å². The number of nitro groups is 1. The minimum absolute atomic E-state index is 0.00644. The maximum atomic E-state index is 10.9. The summed E-state index contributed by atoms with van der Waals surface area (Å²) >= 11 is 5.92. The molecule has 1 aromatic rings. The second-order valence-corrected chi connectivity index (χ2v) is 4.14. The van der Waals surface area contributed by atoms with Gasteiger partial charge in [-0.05, 0) is 6.07 Å². The van der Waals surface area contributed by atoms with Crippen LogP contribution in [0.1, 0.15) is 5.56 Å². The number of rotatable bonds is 6. The first kappa shape index (κ1) is 15.0. The van der Waals surface area contributed by atoms with Crippen LogP contribution in [0.15, 0.2) is 18.2 Å². The highest BCUT2D eigenvalue weighted by molar-refractivity contribution is 6.31. The van der Waals surface area contributed by atoms with Gasteiger partial charge in [-0.1, -0.05) is 23.6 Å². The summed E-state index contributed by atoms with van der Waals surface area (Å²) < 4.78 is 0. The van der Waals surface area contributed by atoms with Gasteiger partial charge in [0.1, 0.15) is 0 Å². The Morgan fingerprint density at radius 3 is 2.79 bits per heavy atom. The summed E-state index contributed by atoms with van der Waals surface area (Å²) in [6, 6.07) is 4.29. The van der Waals surface area contributed by atoms with Crippen LogP contribution in [0.2, 0.25) is 5.02 Å². The highest BCUT2D eigenvalue weighted by Gasteiger charge is 2.20. The second-order valence-electron chi connectivity index (χ2n) is 3.74. The Bertz CT molecular complexity index is 539. The van der Waals surface area contributed by atoms with E-state index in [2.05, 4.69) is 5.92 Å². The summed E-state index contributed by atoms with van der Waals surface area (Å²) in [5, 5.41) is 19.9. The zero-order chi connectivity index (χ0) is 14.4. The van der Waals surface area contributed by atoms with Crippen LogP contribution in [0.5, 0.6) is 0 Å². The van der Waals surface area contributed by atoms with Crippen LogP contribution < -0.4 is 0 Å². The first-order chi connectivity index (χ1) is 8.95. The van der Waals surface area contributed by atoms with Crippen molar-refractivity contribution < 1.29 is 14.8 Å². The molecular weight excluding hydrogens is 272 g/mol. The minimum Gasteiger partial charge on any atom is -0.480 e. The lowest BCUT2D eigenvalue weighted by atomic mass is 10.1. The molecule has 0 radical (unpaired) electrons. The van der Waals surface area contributed by atoms with Crippen LogP contribution in [0.4, 0.5) is 5.69 Å². The third kappa shape index (κ3) is 4.25. The topological polar surface area (TPSA) is 83.7 Å². The number of carboxylic acid groups (broad SMARTS) is 1. The molecule has 1 rings (SSSR count). The van der Waals surface area contributed by atoms with E-state index in [0.717, 1.165) is 0 Å². The summed E-state index contributed by atoms with van der Waals surface area (Å²) in [7, 11) is 0. The number of nitrogens with zero attached hydrogens (tertiary/aromatic N) is 2. The van der Waals surface area contributed by atoms with E-state index < -0.39 is 10.9 Å². The van der Waals surface area contributed by atoms with Crippen LogP contribution in [0.25, 0.3) is 0 Å². The van der Waals surface area contributed by atoms with Gasteiger partial charge < -0.3 is 5.11 Å². The van der Waals surface area contributed by atoms with Gasteiger partial charge in [-0.25, -0.2) is 0 Å². The molecule has 6 nitrogen and oxygen atoms in total. The Morgan fingerprint density at radius 2 is 2.26 bits per heavy atom. The summed E-state index contributed by atoms with van der Waals surface area (Å²) in [4.78, 5) is 22.4. The number of terminal acetylenes is 1. The Hall–Kier alpha value is -2.10. The number of carbonyl (C=O) groups is 1. The van der Waals surface area contributed by atoms with Gasteiger partial charge in [0, 0.05) is 12.6 Å². The predicted molar refractivity (Wildman–Crippen MR) is 69.9 cm³/mol. The van der Waals surface area contributed by atoms with E-state index in [1.54, 1.807) is 0 Å². The lowest BCUT2D eigenvalue weighted by molar-refractivity contribution is -0.385. The highest BCUT2D eigenvalue weighted by atomic mass is 35.5. The SMILES string of the molecule is C#CCN(CC(=O)O)Cc1c(Cl)cccc1[N+](=O)[O-]. The maximum Gasteiger partial charge on any atom is 0.317 e. The number of nitro benzene ring substituents is 1. The van der Waals surface area contributed by atoms with Crippen molar-refractivity contribution in [1.82, 2.24) is 4.90 Å². The van der Waals surface area contributed by atoms with Crippen molar-refractivity contribution in [1.29, 1.82) is 0 Å². The number of halogens is 1. The first-order valence-electron chi connectivity index (χ1n) is 5.25. The fourth-order valence-corrected chi connectivity index (χ4v) is 1.82. The Balaban J connectivity index is 3.05. The second kappa shape index (κ2) is 6.73. The van der Waals surface area contributed by atoms with Gasteiger partial charge in [0.05, 0.1) is 28.6 Å². The van der Waals surface area contributed by atoms with E-state index in [0.29, 0.717) is 0 Å². The van der Waals surface area contributed by atoms with E-state index in [1.165, 1.54) is 23.1 Å². The molecule has 0 atom stereocenters. The predicted octanol–water partition coefficient (Wildman–Crippen LogP) is 1.77. The normalized spacial score (nSPS) is 10.2. The fraction of sp³-hybridized carbons (Fsp3) is 0.250. The molecule has 0 aliphatic carbocycles. The van der Waals surface area contributed by atoms with Gasteiger partial charge in [0.15, 0.2) is 0 Å². The van der Waals surface area contributed by atoms with Gasteiger partial charge >= 0.3 is 5.97 Å². The zero-order valence-corrected chi connectivity index (χ0v) is 10.6. The van der Waals surface area contributed by atoms with Crippen molar-refractivity contribution in [2.75, 3.05) is 13.1 Å². The molecule has 0 aliphatic heterocycles. The molecule has 0 spiro atoms. The van der Waals surface area contributed by atoms with Crippen molar-refractivity contribution in [3.8, 4) is 12.3 Å². The van der Waals surface area contributed by atoms with Gasteiger partial charge in [-0.2, -0.15) is 0 Å². The molecule has 7 heteroatoms. The number of aliphatic carboxylic acids is 1. The fourth-order valence-electron chi connectivity index (χ4n) is 1.59. The summed E-state index contributed by atoms with van der Waals surface area (Å²) in [5.41, 5.74) is 0.102. The van der Waals surface area contributed by atoms with Crippen molar-refractivity contribution >= 4 is 23.3 Å². The Kier molecular flexibility index (Phi) is 5.30. The molecule has 0 amide bonds. The van der Waals surface area contributed by atoms with E-state index in [-0.39, 0.29) is 35.9 Å². The molecule has 1 aromatic carbocycles. The summed E-state index contributed by atoms with van der Waals surface area (Å²) in [5.74, 6) is 1.25. The molecule has 100 valence electrons. The smallest absolute Gasteiger partial charge is 0.317 e. The minimum atomic E-state index is -1.06. The van der Waals surface area contributed by atoms with E-state index in [4.69, 9.17) is 23.1 Å². The lowest BCUT2D eigenvalue weighted by Gasteiger charge is -2.17. The van der Waals surface area contributed by atoms with Crippen molar-refractivity contribution in [3.63, 3.8) is 0 Å². The number of carboxylic acids is 1. The van der Waals surface area contributed by atoms with Crippen molar-refractivity contribution in [3.05, 3.63) is 38.9 Å². The van der Waals surface area contributed by atoms with Gasteiger partial charge in [0.25, 0.3) is 5.69 Å². The van der Waals surface area contributed by atoms with Crippen LogP contribution in [0.3, 0.4) is 0 Å². The molecule has 0 aromatic heterocycles. The van der Waals surface area contributed by atoms with E-state index >= 15 is 0 Å². The first-order valence-corrected chi connectivity index (χ1v) is 5.63. The standard InChI is InChI=1S/C12H11ClN2O4/c1-2-6-14(8-12(16)17)7-9-10(13)4-3-5-11(9)15(18)19/h1,3-5H,6-8H2,(H,16,17). The number of hydrogen-bond acceptors (Lipinski definition) is 4. The molecule has 0 unspecified atom stereocenters. The Labute approximate surface area is 114 Å². The molecular formula is C12H11ClN2O4. The van der Waals surface area contributed by atoms with Gasteiger partial charge in [-0.15, -0.1) is 6.42 Å². The average molecular weight is 283 g/mol. The largest absolute Gasteiger partial charge is 0.480 e. The highest BCUT2D eigenvalue weighted by Crippen LogP contribution is 2.27. The van der Waals surface area contributed by atoms with Crippen LogP contribution in [-0.4, -0.2) is 34.0 Å². The third-order valence-corrected chi connectivity index (χ3v) is 2.70. The Morgan fingerprint density at radius 1 is 1.58 bits per heavy atom. The maximum absolute atomic E-state index is 10.9. The summed E-state index contributed by atoms with van der Waals surface area (Å²) in [6.07, 6.45) is 5.14. The lowest BCUT2D eigenvalue weighted by Crippen LogP contribution is -2.30. The molecule has 0 bridgehead atoms. The van der Waals surface area contributed by atoms with Crippen molar-refractivity contribution in [2.24, 2.45) is 0 Å². The average Bonchev–Trinajstić information content (AvgIpc) is 2.30. The molecule has 0 saturated carbocycles. The van der Waals surface area contributed by atoms with Gasteiger partial charge in [-0.3, -0.25) is 19.8 Å². The molecule has 0 aliphatic rings. The molecule has 0 heterocycles. The third-order valence-electron chi connectivity index (χ3n) is 2.35. The molecule has 0 fully saturated rings. The molecule has 19 heavy (non-hydrogen) atoms. The monoisotopic (exact) mass is 282 g/mol. The van der Waals surface area contributed by atoms with E-state index in [1.807, 2.05) is 0 Å². The zero-order valence-electron chi connectivity index (χ0n) is 9.88. The number of benzene rings is 1. The van der Waals surface area contributed by atoms with Crippen molar-refractivity contribution in [2.45, 2.75) is 6.54 Å². The quantitative estimate of drug-likeness (QED) is 0.488.